The summed E-state index contributed by atoms with van der Waals surface area (Å²) in [7, 11) is 1.63. The Hall–Kier alpha value is -2.34. The third-order valence-electron chi connectivity index (χ3n) is 3.01. The molecule has 0 fully saturated rings. The number of benzene rings is 1. The summed E-state index contributed by atoms with van der Waals surface area (Å²) in [6, 6.07) is 6.46. The molecule has 0 aliphatic heterocycles. The second kappa shape index (κ2) is 6.90. The summed E-state index contributed by atoms with van der Waals surface area (Å²) in [5.74, 6) is -1.31. The summed E-state index contributed by atoms with van der Waals surface area (Å²) in [5, 5.41) is 12.3. The fraction of sp³-hybridized carbons (Fsp3) is 0.333. The van der Waals surface area contributed by atoms with Crippen LogP contribution >= 0.6 is 0 Å². The van der Waals surface area contributed by atoms with Gasteiger partial charge in [0, 0.05) is 31.2 Å². The highest BCUT2D eigenvalue weighted by molar-refractivity contribution is 5.95. The zero-order valence-corrected chi connectivity index (χ0v) is 11.7. The first-order chi connectivity index (χ1) is 10.1. The van der Waals surface area contributed by atoms with Crippen molar-refractivity contribution < 1.29 is 23.8 Å². The average molecular weight is 291 g/mol. The summed E-state index contributed by atoms with van der Waals surface area (Å²) in [6.07, 6.45) is 2.02. The maximum atomic E-state index is 11.8. The van der Waals surface area contributed by atoms with Gasteiger partial charge in [-0.15, -0.1) is 0 Å². The molecule has 0 atom stereocenters. The summed E-state index contributed by atoms with van der Waals surface area (Å²) >= 11 is 0. The standard InChI is InChI=1S/C15H17NO5/c1-20-7-3-2-4-14(17)16-11-5-6-12-10(8-11)9-13(21-12)15(18)19/h5-6,8-9H,2-4,7H2,1H3,(H,16,17)(H,18,19). The van der Waals surface area contributed by atoms with E-state index in [0.717, 1.165) is 12.8 Å². The predicted octanol–water partition coefficient (Wildman–Crippen LogP) is 2.89. The number of carboxylic acid groups (broad SMARTS) is 1. The van der Waals surface area contributed by atoms with Crippen molar-refractivity contribution in [2.75, 3.05) is 19.0 Å². The molecule has 2 rings (SSSR count). The predicted molar refractivity (Wildman–Crippen MR) is 77.5 cm³/mol. The van der Waals surface area contributed by atoms with Gasteiger partial charge in [0.15, 0.2) is 0 Å². The van der Waals surface area contributed by atoms with Crippen molar-refractivity contribution in [3.63, 3.8) is 0 Å². The lowest BCUT2D eigenvalue weighted by Crippen LogP contribution is -2.11. The van der Waals surface area contributed by atoms with Gasteiger partial charge in [0.05, 0.1) is 0 Å². The number of carbonyl (C=O) groups is 2. The van der Waals surface area contributed by atoms with Crippen LogP contribution in [0.4, 0.5) is 5.69 Å². The van der Waals surface area contributed by atoms with E-state index in [4.69, 9.17) is 14.3 Å². The lowest BCUT2D eigenvalue weighted by molar-refractivity contribution is -0.116. The first-order valence-corrected chi connectivity index (χ1v) is 6.66. The van der Waals surface area contributed by atoms with Crippen molar-refractivity contribution in [3.05, 3.63) is 30.0 Å². The molecule has 1 aromatic carbocycles. The van der Waals surface area contributed by atoms with Crippen LogP contribution < -0.4 is 5.32 Å². The highest BCUT2D eigenvalue weighted by Gasteiger charge is 2.11. The number of nitrogens with one attached hydrogen (secondary N) is 1. The number of amides is 1. The van der Waals surface area contributed by atoms with Gasteiger partial charge in [-0.05, 0) is 37.1 Å². The number of carbonyl (C=O) groups excluding carboxylic acids is 1. The van der Waals surface area contributed by atoms with E-state index >= 15 is 0 Å². The van der Waals surface area contributed by atoms with Crippen LogP contribution in [0.15, 0.2) is 28.7 Å². The van der Waals surface area contributed by atoms with Crippen molar-refractivity contribution in [2.24, 2.45) is 0 Å². The highest BCUT2D eigenvalue weighted by Crippen LogP contribution is 2.23. The summed E-state index contributed by atoms with van der Waals surface area (Å²) in [6.45, 7) is 0.645. The van der Waals surface area contributed by atoms with Crippen LogP contribution in [0.1, 0.15) is 29.8 Å². The monoisotopic (exact) mass is 291 g/mol. The molecule has 0 spiro atoms. The van der Waals surface area contributed by atoms with Crippen LogP contribution in [0.5, 0.6) is 0 Å². The first-order valence-electron chi connectivity index (χ1n) is 6.66. The van der Waals surface area contributed by atoms with E-state index in [1.54, 1.807) is 25.3 Å². The topological polar surface area (TPSA) is 88.8 Å². The van der Waals surface area contributed by atoms with Crippen molar-refractivity contribution >= 4 is 28.5 Å². The zero-order chi connectivity index (χ0) is 15.2. The molecule has 0 aliphatic rings. The molecule has 21 heavy (non-hydrogen) atoms. The Morgan fingerprint density at radius 3 is 2.81 bits per heavy atom. The summed E-state index contributed by atoms with van der Waals surface area (Å²) in [5.41, 5.74) is 1.10. The lowest BCUT2D eigenvalue weighted by atomic mass is 10.2. The normalized spacial score (nSPS) is 10.7. The number of anilines is 1. The minimum Gasteiger partial charge on any atom is -0.475 e. The molecule has 1 amide bonds. The first kappa shape index (κ1) is 15.1. The van der Waals surface area contributed by atoms with E-state index in [1.165, 1.54) is 6.07 Å². The van der Waals surface area contributed by atoms with Crippen LogP contribution in [-0.4, -0.2) is 30.7 Å². The third kappa shape index (κ3) is 4.06. The van der Waals surface area contributed by atoms with Gasteiger partial charge in [-0.25, -0.2) is 4.79 Å². The molecule has 0 radical (unpaired) electrons. The fourth-order valence-corrected chi connectivity index (χ4v) is 1.98. The Morgan fingerprint density at radius 2 is 2.10 bits per heavy atom. The van der Waals surface area contributed by atoms with E-state index in [0.29, 0.717) is 29.7 Å². The number of carboxylic acids is 1. The smallest absolute Gasteiger partial charge is 0.371 e. The Morgan fingerprint density at radius 1 is 1.29 bits per heavy atom. The number of fused-ring (bicyclic) bond motifs is 1. The maximum absolute atomic E-state index is 11.8. The second-order valence-corrected chi connectivity index (χ2v) is 4.67. The van der Waals surface area contributed by atoms with Gasteiger partial charge in [0.2, 0.25) is 11.7 Å². The van der Waals surface area contributed by atoms with Gasteiger partial charge in [-0.2, -0.15) is 0 Å². The van der Waals surface area contributed by atoms with Gasteiger partial charge >= 0.3 is 5.97 Å². The summed E-state index contributed by atoms with van der Waals surface area (Å²) < 4.78 is 10.1. The van der Waals surface area contributed by atoms with Crippen LogP contribution in [0, 0.1) is 0 Å². The lowest BCUT2D eigenvalue weighted by Gasteiger charge is -2.05. The Labute approximate surface area is 121 Å². The number of hydrogen-bond donors (Lipinski definition) is 2. The van der Waals surface area contributed by atoms with Gasteiger partial charge < -0.3 is 19.6 Å². The van der Waals surface area contributed by atoms with Crippen LogP contribution in [0.25, 0.3) is 11.0 Å². The minimum atomic E-state index is -1.12. The molecule has 1 heterocycles. The number of rotatable bonds is 7. The molecule has 0 unspecified atom stereocenters. The average Bonchev–Trinajstić information content (AvgIpc) is 2.87. The second-order valence-electron chi connectivity index (χ2n) is 4.67. The Kier molecular flexibility index (Phi) is 4.94. The maximum Gasteiger partial charge on any atom is 0.371 e. The molecule has 0 saturated carbocycles. The SMILES string of the molecule is COCCCCC(=O)Nc1ccc2oc(C(=O)O)cc2c1. The van der Waals surface area contributed by atoms with Gasteiger partial charge in [0.1, 0.15) is 5.58 Å². The van der Waals surface area contributed by atoms with Crippen molar-refractivity contribution in [1.29, 1.82) is 0 Å². The van der Waals surface area contributed by atoms with E-state index in [2.05, 4.69) is 5.32 Å². The molecule has 0 saturated heterocycles. The molecule has 0 bridgehead atoms. The molecule has 2 N–H and O–H groups in total. The van der Waals surface area contributed by atoms with Gasteiger partial charge in [-0.1, -0.05) is 0 Å². The fourth-order valence-electron chi connectivity index (χ4n) is 1.98. The number of aromatic carboxylic acids is 1. The van der Waals surface area contributed by atoms with Crippen molar-refractivity contribution in [1.82, 2.24) is 0 Å². The Balaban J connectivity index is 1.98. The molecular formula is C15H17NO5. The largest absolute Gasteiger partial charge is 0.475 e. The molecule has 0 aliphatic carbocycles. The molecular weight excluding hydrogens is 274 g/mol. The Bertz CT molecular complexity index is 647. The van der Waals surface area contributed by atoms with Crippen molar-refractivity contribution in [2.45, 2.75) is 19.3 Å². The highest BCUT2D eigenvalue weighted by atomic mass is 16.5. The van der Waals surface area contributed by atoms with E-state index in [9.17, 15) is 9.59 Å². The number of furan rings is 1. The molecule has 6 heteroatoms. The van der Waals surface area contributed by atoms with E-state index in [1.807, 2.05) is 0 Å². The van der Waals surface area contributed by atoms with Crippen LogP contribution in [-0.2, 0) is 9.53 Å². The number of hydrogen-bond acceptors (Lipinski definition) is 4. The number of unbranched alkanes of at least 4 members (excludes halogenated alkanes) is 1. The third-order valence-corrected chi connectivity index (χ3v) is 3.01. The summed E-state index contributed by atoms with van der Waals surface area (Å²) in [4.78, 5) is 22.6. The molecule has 112 valence electrons. The van der Waals surface area contributed by atoms with Gasteiger partial charge in [0.25, 0.3) is 0 Å². The molecule has 2 aromatic rings. The number of ether oxygens (including phenoxy) is 1. The minimum absolute atomic E-state index is 0.0765. The van der Waals surface area contributed by atoms with E-state index in [-0.39, 0.29) is 11.7 Å². The van der Waals surface area contributed by atoms with Gasteiger partial charge in [-0.3, -0.25) is 4.79 Å². The van der Waals surface area contributed by atoms with E-state index < -0.39 is 5.97 Å². The van der Waals surface area contributed by atoms with Crippen LogP contribution in [0.3, 0.4) is 0 Å². The zero-order valence-electron chi connectivity index (χ0n) is 11.7. The quantitative estimate of drug-likeness (QED) is 0.766. The molecule has 1 aromatic heterocycles. The van der Waals surface area contributed by atoms with Crippen molar-refractivity contribution in [3.8, 4) is 0 Å². The number of methoxy groups -OCH3 is 1. The van der Waals surface area contributed by atoms with Crippen LogP contribution in [0.2, 0.25) is 0 Å². The molecule has 6 nitrogen and oxygen atoms in total.